The molecule has 1 atom stereocenters. The summed E-state index contributed by atoms with van der Waals surface area (Å²) in [5.41, 5.74) is 0. The lowest BCUT2D eigenvalue weighted by molar-refractivity contribution is -0.122. The Labute approximate surface area is 108 Å². The van der Waals surface area contributed by atoms with E-state index in [2.05, 4.69) is 33.1 Å². The highest BCUT2D eigenvalue weighted by Crippen LogP contribution is 2.19. The number of rotatable bonds is 6. The predicted octanol–water partition coefficient (Wildman–Crippen LogP) is 2.29. The number of halogens is 1. The Morgan fingerprint density at radius 3 is 3.06 bits per heavy atom. The maximum absolute atomic E-state index is 11.5. The summed E-state index contributed by atoms with van der Waals surface area (Å²) in [6.45, 7) is 6.61. The van der Waals surface area contributed by atoms with Crippen LogP contribution in [-0.4, -0.2) is 18.5 Å². The summed E-state index contributed by atoms with van der Waals surface area (Å²) in [6, 6.07) is 1.85. The minimum Gasteiger partial charge on any atom is -0.351 e. The Balaban J connectivity index is 2.31. The van der Waals surface area contributed by atoms with Gasteiger partial charge in [-0.2, -0.15) is 0 Å². The molecule has 88 valence electrons. The van der Waals surface area contributed by atoms with Crippen molar-refractivity contribution in [1.29, 1.82) is 0 Å². The summed E-state index contributed by atoms with van der Waals surface area (Å²) < 4.78 is 1.08. The Kier molecular flexibility index (Phi) is 5.73. The lowest BCUT2D eigenvalue weighted by Gasteiger charge is -2.12. The van der Waals surface area contributed by atoms with Crippen LogP contribution in [0, 0.1) is 0 Å². The van der Waals surface area contributed by atoms with Gasteiger partial charge in [-0.3, -0.25) is 4.79 Å². The van der Waals surface area contributed by atoms with E-state index in [9.17, 15) is 4.79 Å². The van der Waals surface area contributed by atoms with Crippen molar-refractivity contribution in [2.45, 2.75) is 19.5 Å². The second-order valence-corrected chi connectivity index (χ2v) is 5.28. The summed E-state index contributed by atoms with van der Waals surface area (Å²) in [5, 5.41) is 7.94. The van der Waals surface area contributed by atoms with E-state index < -0.39 is 0 Å². The monoisotopic (exact) mass is 302 g/mol. The first kappa shape index (κ1) is 13.4. The van der Waals surface area contributed by atoms with Gasteiger partial charge in [0.2, 0.25) is 5.91 Å². The van der Waals surface area contributed by atoms with Gasteiger partial charge < -0.3 is 10.6 Å². The Bertz CT molecular complexity index is 365. The molecular weight excluding hydrogens is 288 g/mol. The van der Waals surface area contributed by atoms with Crippen LogP contribution in [0.4, 0.5) is 0 Å². The van der Waals surface area contributed by atoms with E-state index in [0.29, 0.717) is 13.1 Å². The molecule has 0 saturated heterocycles. The molecule has 0 fully saturated rings. The number of carbonyl (C=O) groups is 1. The predicted molar refractivity (Wildman–Crippen MR) is 71.5 cm³/mol. The van der Waals surface area contributed by atoms with Gasteiger partial charge >= 0.3 is 0 Å². The highest BCUT2D eigenvalue weighted by molar-refractivity contribution is 9.10. The molecule has 0 aliphatic carbocycles. The highest BCUT2D eigenvalue weighted by atomic mass is 79.9. The fourth-order valence-corrected chi connectivity index (χ4v) is 2.52. The van der Waals surface area contributed by atoms with Gasteiger partial charge in [0, 0.05) is 27.8 Å². The van der Waals surface area contributed by atoms with Gasteiger partial charge in [-0.15, -0.1) is 17.9 Å². The summed E-state index contributed by atoms with van der Waals surface area (Å²) >= 11 is 5.06. The molecule has 0 spiro atoms. The van der Waals surface area contributed by atoms with Crippen LogP contribution < -0.4 is 10.6 Å². The molecule has 3 nitrogen and oxygen atoms in total. The van der Waals surface area contributed by atoms with Gasteiger partial charge in [0.15, 0.2) is 0 Å². The fourth-order valence-electron chi connectivity index (χ4n) is 1.12. The van der Waals surface area contributed by atoms with Crippen molar-refractivity contribution in [1.82, 2.24) is 10.6 Å². The number of amides is 1. The zero-order valence-corrected chi connectivity index (χ0v) is 11.5. The smallest absolute Gasteiger partial charge is 0.237 e. The molecule has 1 rings (SSSR count). The van der Waals surface area contributed by atoms with E-state index >= 15 is 0 Å². The maximum atomic E-state index is 11.5. The van der Waals surface area contributed by atoms with Gasteiger partial charge in [0.25, 0.3) is 0 Å². The first-order valence-electron chi connectivity index (χ1n) is 4.98. The van der Waals surface area contributed by atoms with Crippen molar-refractivity contribution in [2.24, 2.45) is 0 Å². The normalized spacial score (nSPS) is 12.1. The molecule has 5 heteroatoms. The molecule has 1 amide bonds. The largest absolute Gasteiger partial charge is 0.351 e. The van der Waals surface area contributed by atoms with Crippen molar-refractivity contribution < 1.29 is 4.79 Å². The third-order valence-electron chi connectivity index (χ3n) is 2.02. The van der Waals surface area contributed by atoms with Crippen LogP contribution in [0.15, 0.2) is 28.6 Å². The van der Waals surface area contributed by atoms with Crippen LogP contribution in [0.25, 0.3) is 0 Å². The lowest BCUT2D eigenvalue weighted by atomic mass is 10.3. The van der Waals surface area contributed by atoms with Crippen LogP contribution in [0.1, 0.15) is 11.8 Å². The van der Waals surface area contributed by atoms with Crippen LogP contribution in [-0.2, 0) is 11.3 Å². The second-order valence-electron chi connectivity index (χ2n) is 3.37. The van der Waals surface area contributed by atoms with Crippen LogP contribution in [0.2, 0.25) is 0 Å². The molecule has 1 aromatic rings. The number of hydrogen-bond acceptors (Lipinski definition) is 3. The van der Waals surface area contributed by atoms with Crippen molar-refractivity contribution in [3.63, 3.8) is 0 Å². The fraction of sp³-hybridized carbons (Fsp3) is 0.364. The molecule has 0 aliphatic rings. The molecule has 1 aromatic heterocycles. The molecule has 2 N–H and O–H groups in total. The third-order valence-corrected chi connectivity index (χ3v) is 3.72. The Morgan fingerprint density at radius 1 is 1.75 bits per heavy atom. The summed E-state index contributed by atoms with van der Waals surface area (Å²) in [4.78, 5) is 12.7. The van der Waals surface area contributed by atoms with Gasteiger partial charge in [0.05, 0.1) is 6.04 Å². The minimum absolute atomic E-state index is 0.00415. The van der Waals surface area contributed by atoms with Crippen molar-refractivity contribution in [3.8, 4) is 0 Å². The molecule has 0 bridgehead atoms. The first-order chi connectivity index (χ1) is 7.63. The van der Waals surface area contributed by atoms with Crippen LogP contribution >= 0.6 is 27.3 Å². The van der Waals surface area contributed by atoms with Gasteiger partial charge in [0.1, 0.15) is 0 Å². The third kappa shape index (κ3) is 4.47. The molecule has 0 aromatic carbocycles. The van der Waals surface area contributed by atoms with Crippen molar-refractivity contribution >= 4 is 33.2 Å². The van der Waals surface area contributed by atoms with Gasteiger partial charge in [-0.25, -0.2) is 0 Å². The molecule has 16 heavy (non-hydrogen) atoms. The van der Waals surface area contributed by atoms with E-state index in [1.165, 1.54) is 4.88 Å². The number of thiophene rings is 1. The average molecular weight is 303 g/mol. The quantitative estimate of drug-likeness (QED) is 0.792. The van der Waals surface area contributed by atoms with E-state index in [0.717, 1.165) is 4.47 Å². The van der Waals surface area contributed by atoms with Crippen LogP contribution in [0.3, 0.4) is 0 Å². The van der Waals surface area contributed by atoms with Crippen molar-refractivity contribution in [3.05, 3.63) is 33.5 Å². The molecular formula is C11H15BrN2OS. The Hall–Kier alpha value is -0.650. The van der Waals surface area contributed by atoms with Crippen LogP contribution in [0.5, 0.6) is 0 Å². The highest BCUT2D eigenvalue weighted by Gasteiger charge is 2.10. The molecule has 0 aliphatic heterocycles. The standard InChI is InChI=1S/C11H15BrN2OS/c1-3-4-13-11(15)8(2)14-6-10-5-9(12)7-16-10/h3,5,7-8,14H,1,4,6H2,2H3,(H,13,15). The topological polar surface area (TPSA) is 41.1 Å². The minimum atomic E-state index is -0.194. The second kappa shape index (κ2) is 6.83. The summed E-state index contributed by atoms with van der Waals surface area (Å²) in [7, 11) is 0. The van der Waals surface area contributed by atoms with E-state index in [-0.39, 0.29) is 11.9 Å². The molecule has 0 saturated carbocycles. The lowest BCUT2D eigenvalue weighted by Crippen LogP contribution is -2.41. The molecule has 1 heterocycles. The van der Waals surface area contributed by atoms with E-state index in [1.54, 1.807) is 17.4 Å². The van der Waals surface area contributed by atoms with E-state index in [1.807, 2.05) is 18.4 Å². The Morgan fingerprint density at radius 2 is 2.50 bits per heavy atom. The van der Waals surface area contributed by atoms with E-state index in [4.69, 9.17) is 0 Å². The zero-order valence-electron chi connectivity index (χ0n) is 9.13. The molecule has 1 unspecified atom stereocenters. The number of carbonyl (C=O) groups excluding carboxylic acids is 1. The summed E-state index contributed by atoms with van der Waals surface area (Å²) in [5.74, 6) is -0.00415. The summed E-state index contributed by atoms with van der Waals surface area (Å²) in [6.07, 6.45) is 1.67. The zero-order chi connectivity index (χ0) is 12.0. The maximum Gasteiger partial charge on any atom is 0.237 e. The van der Waals surface area contributed by atoms with Crippen molar-refractivity contribution in [2.75, 3.05) is 6.54 Å². The molecule has 0 radical (unpaired) electrons. The number of hydrogen-bond donors (Lipinski definition) is 2. The number of nitrogens with one attached hydrogen (secondary N) is 2. The average Bonchev–Trinajstić information content (AvgIpc) is 2.68. The SMILES string of the molecule is C=CCNC(=O)C(C)NCc1cc(Br)cs1. The van der Waals surface area contributed by atoms with Gasteiger partial charge in [-0.1, -0.05) is 6.08 Å². The first-order valence-corrected chi connectivity index (χ1v) is 6.65. The van der Waals surface area contributed by atoms with Gasteiger partial charge in [-0.05, 0) is 28.9 Å².